The SMILES string of the molecule is CNCC1CCCN1C(=O)Cc1ccc([N+](=O)[O-])cc1Cl. The van der Waals surface area contributed by atoms with Crippen molar-refractivity contribution in [2.75, 3.05) is 20.1 Å². The number of carbonyl (C=O) groups is 1. The topological polar surface area (TPSA) is 75.5 Å². The zero-order chi connectivity index (χ0) is 15.4. The van der Waals surface area contributed by atoms with E-state index >= 15 is 0 Å². The molecule has 1 saturated heterocycles. The Labute approximate surface area is 128 Å². The third-order valence-electron chi connectivity index (χ3n) is 3.73. The van der Waals surface area contributed by atoms with Gasteiger partial charge in [0, 0.05) is 31.3 Å². The Morgan fingerprint density at radius 2 is 2.33 bits per heavy atom. The third-order valence-corrected chi connectivity index (χ3v) is 4.08. The van der Waals surface area contributed by atoms with Gasteiger partial charge in [0.05, 0.1) is 16.4 Å². The van der Waals surface area contributed by atoms with E-state index in [-0.39, 0.29) is 29.1 Å². The average molecular weight is 312 g/mol. The number of nitrogens with zero attached hydrogens (tertiary/aromatic N) is 2. The molecule has 2 rings (SSSR count). The van der Waals surface area contributed by atoms with Crippen LogP contribution in [0.2, 0.25) is 5.02 Å². The smallest absolute Gasteiger partial charge is 0.270 e. The first-order valence-corrected chi connectivity index (χ1v) is 7.27. The maximum absolute atomic E-state index is 12.4. The van der Waals surface area contributed by atoms with Crippen LogP contribution < -0.4 is 5.32 Å². The van der Waals surface area contributed by atoms with Crippen LogP contribution in [0.4, 0.5) is 5.69 Å². The molecule has 0 radical (unpaired) electrons. The van der Waals surface area contributed by atoms with Gasteiger partial charge in [-0.2, -0.15) is 0 Å². The van der Waals surface area contributed by atoms with Gasteiger partial charge >= 0.3 is 0 Å². The summed E-state index contributed by atoms with van der Waals surface area (Å²) in [5, 5.41) is 14.0. The molecule has 1 aliphatic rings. The Bertz CT molecular complexity index is 550. The molecule has 1 atom stereocenters. The highest BCUT2D eigenvalue weighted by atomic mass is 35.5. The third kappa shape index (κ3) is 3.71. The van der Waals surface area contributed by atoms with E-state index in [1.54, 1.807) is 6.07 Å². The molecule has 1 fully saturated rings. The lowest BCUT2D eigenvalue weighted by atomic mass is 10.1. The fourth-order valence-corrected chi connectivity index (χ4v) is 2.91. The Balaban J connectivity index is 2.07. The van der Waals surface area contributed by atoms with Gasteiger partial charge in [0.25, 0.3) is 5.69 Å². The number of amides is 1. The Morgan fingerprint density at radius 1 is 1.57 bits per heavy atom. The molecule has 6 nitrogen and oxygen atoms in total. The number of carbonyl (C=O) groups excluding carboxylic acids is 1. The molecule has 1 amide bonds. The molecule has 0 saturated carbocycles. The number of rotatable bonds is 5. The maximum Gasteiger partial charge on any atom is 0.270 e. The summed E-state index contributed by atoms with van der Waals surface area (Å²) < 4.78 is 0. The lowest BCUT2D eigenvalue weighted by molar-refractivity contribution is -0.384. The largest absolute Gasteiger partial charge is 0.338 e. The minimum Gasteiger partial charge on any atom is -0.338 e. The van der Waals surface area contributed by atoms with Gasteiger partial charge in [-0.25, -0.2) is 0 Å². The summed E-state index contributed by atoms with van der Waals surface area (Å²) in [6, 6.07) is 4.45. The molecule has 1 heterocycles. The first-order chi connectivity index (χ1) is 10.0. The minimum absolute atomic E-state index is 0.0171. The van der Waals surface area contributed by atoms with Crippen molar-refractivity contribution in [2.24, 2.45) is 0 Å². The van der Waals surface area contributed by atoms with E-state index < -0.39 is 4.92 Å². The quantitative estimate of drug-likeness (QED) is 0.666. The van der Waals surface area contributed by atoms with Crippen LogP contribution in [-0.4, -0.2) is 41.9 Å². The van der Waals surface area contributed by atoms with Crippen molar-refractivity contribution in [3.63, 3.8) is 0 Å². The molecular formula is C14H18ClN3O3. The van der Waals surface area contributed by atoms with Gasteiger partial charge in [-0.15, -0.1) is 0 Å². The Kier molecular flexibility index (Phi) is 5.14. The van der Waals surface area contributed by atoms with E-state index in [4.69, 9.17) is 11.6 Å². The van der Waals surface area contributed by atoms with Crippen molar-refractivity contribution in [3.8, 4) is 0 Å². The second kappa shape index (κ2) is 6.87. The molecule has 7 heteroatoms. The van der Waals surface area contributed by atoms with Crippen LogP contribution in [0.5, 0.6) is 0 Å². The normalized spacial score (nSPS) is 18.0. The molecule has 1 N–H and O–H groups in total. The minimum atomic E-state index is -0.499. The number of nitro groups is 1. The number of non-ortho nitro benzene ring substituents is 1. The standard InChI is InChI=1S/C14H18ClN3O3/c1-16-9-12-3-2-6-17(12)14(19)7-10-4-5-11(18(20)21)8-13(10)15/h4-5,8,12,16H,2-3,6-7,9H2,1H3. The fraction of sp³-hybridized carbons (Fsp3) is 0.500. The van der Waals surface area contributed by atoms with Gasteiger partial charge in [-0.1, -0.05) is 17.7 Å². The van der Waals surface area contributed by atoms with Gasteiger partial charge in [0.1, 0.15) is 0 Å². The number of nitro benzene ring substituents is 1. The lowest BCUT2D eigenvalue weighted by Gasteiger charge is -2.24. The second-order valence-electron chi connectivity index (χ2n) is 5.15. The molecule has 21 heavy (non-hydrogen) atoms. The number of likely N-dealkylation sites (N-methyl/N-ethyl adjacent to an activating group) is 1. The first-order valence-electron chi connectivity index (χ1n) is 6.90. The van der Waals surface area contributed by atoms with Crippen molar-refractivity contribution < 1.29 is 9.72 Å². The van der Waals surface area contributed by atoms with Crippen LogP contribution in [0.3, 0.4) is 0 Å². The predicted molar refractivity (Wildman–Crippen MR) is 80.5 cm³/mol. The Morgan fingerprint density at radius 3 is 2.95 bits per heavy atom. The highest BCUT2D eigenvalue weighted by Gasteiger charge is 2.28. The maximum atomic E-state index is 12.4. The zero-order valence-electron chi connectivity index (χ0n) is 11.8. The zero-order valence-corrected chi connectivity index (χ0v) is 12.6. The van der Waals surface area contributed by atoms with E-state index in [0.717, 1.165) is 25.9 Å². The highest BCUT2D eigenvalue weighted by molar-refractivity contribution is 6.31. The van der Waals surface area contributed by atoms with Gasteiger partial charge in [-0.3, -0.25) is 14.9 Å². The highest BCUT2D eigenvalue weighted by Crippen LogP contribution is 2.24. The van der Waals surface area contributed by atoms with Gasteiger partial charge in [-0.05, 0) is 25.5 Å². The molecule has 1 unspecified atom stereocenters. The average Bonchev–Trinajstić information content (AvgIpc) is 2.89. The van der Waals surface area contributed by atoms with Gasteiger partial charge in [0.15, 0.2) is 0 Å². The summed E-state index contributed by atoms with van der Waals surface area (Å²) >= 11 is 6.03. The number of nitrogens with one attached hydrogen (secondary N) is 1. The molecule has 0 aromatic heterocycles. The first kappa shape index (κ1) is 15.7. The van der Waals surface area contributed by atoms with Crippen molar-refractivity contribution in [1.82, 2.24) is 10.2 Å². The second-order valence-corrected chi connectivity index (χ2v) is 5.56. The van der Waals surface area contributed by atoms with Gasteiger partial charge < -0.3 is 10.2 Å². The molecule has 114 valence electrons. The lowest BCUT2D eigenvalue weighted by Crippen LogP contribution is -2.41. The summed E-state index contributed by atoms with van der Waals surface area (Å²) in [6.07, 6.45) is 2.18. The van der Waals surface area contributed by atoms with Crippen LogP contribution in [0, 0.1) is 10.1 Å². The van der Waals surface area contributed by atoms with Gasteiger partial charge in [0.2, 0.25) is 5.91 Å². The summed E-state index contributed by atoms with van der Waals surface area (Å²) in [7, 11) is 1.87. The molecular weight excluding hydrogens is 294 g/mol. The Hall–Kier alpha value is -1.66. The van der Waals surface area contributed by atoms with Crippen LogP contribution in [0.15, 0.2) is 18.2 Å². The van der Waals surface area contributed by atoms with E-state index in [2.05, 4.69) is 5.32 Å². The van der Waals surface area contributed by atoms with Crippen molar-refractivity contribution >= 4 is 23.2 Å². The van der Waals surface area contributed by atoms with E-state index in [1.165, 1.54) is 12.1 Å². The summed E-state index contributed by atoms with van der Waals surface area (Å²) in [5.74, 6) is 0.0171. The summed E-state index contributed by atoms with van der Waals surface area (Å²) in [6.45, 7) is 1.54. The van der Waals surface area contributed by atoms with Crippen LogP contribution >= 0.6 is 11.6 Å². The molecule has 1 aliphatic heterocycles. The van der Waals surface area contributed by atoms with E-state index in [1.807, 2.05) is 11.9 Å². The number of halogens is 1. The fourth-order valence-electron chi connectivity index (χ4n) is 2.67. The van der Waals surface area contributed by atoms with Crippen molar-refractivity contribution in [3.05, 3.63) is 38.9 Å². The molecule has 1 aromatic carbocycles. The van der Waals surface area contributed by atoms with Crippen LogP contribution in [0.25, 0.3) is 0 Å². The van der Waals surface area contributed by atoms with Crippen molar-refractivity contribution in [1.29, 1.82) is 0 Å². The number of hydrogen-bond acceptors (Lipinski definition) is 4. The van der Waals surface area contributed by atoms with Crippen LogP contribution in [-0.2, 0) is 11.2 Å². The predicted octanol–water partition coefficient (Wildman–Crippen LogP) is 2.00. The van der Waals surface area contributed by atoms with E-state index in [0.29, 0.717) is 5.56 Å². The molecule has 0 aliphatic carbocycles. The number of likely N-dealkylation sites (tertiary alicyclic amines) is 1. The van der Waals surface area contributed by atoms with Crippen molar-refractivity contribution in [2.45, 2.75) is 25.3 Å². The van der Waals surface area contributed by atoms with Crippen LogP contribution in [0.1, 0.15) is 18.4 Å². The molecule has 0 bridgehead atoms. The number of benzene rings is 1. The summed E-state index contributed by atoms with van der Waals surface area (Å²) in [4.78, 5) is 24.4. The number of hydrogen-bond donors (Lipinski definition) is 1. The molecule has 1 aromatic rings. The van der Waals surface area contributed by atoms with E-state index in [9.17, 15) is 14.9 Å². The molecule has 0 spiro atoms. The monoisotopic (exact) mass is 311 g/mol. The summed E-state index contributed by atoms with van der Waals surface area (Å²) in [5.41, 5.74) is 0.563.